The summed E-state index contributed by atoms with van der Waals surface area (Å²) in [6, 6.07) is 4.79. The Morgan fingerprint density at radius 2 is 2.41 bits per heavy atom. The van der Waals surface area contributed by atoms with Crippen LogP contribution in [0.1, 0.15) is 17.5 Å². The summed E-state index contributed by atoms with van der Waals surface area (Å²) in [4.78, 5) is 4.54. The highest BCUT2D eigenvalue weighted by molar-refractivity contribution is 8.13. The van der Waals surface area contributed by atoms with E-state index >= 15 is 0 Å². The third-order valence-corrected chi connectivity index (χ3v) is 5.18. The van der Waals surface area contributed by atoms with Crippen LogP contribution in [-0.2, 0) is 10.3 Å². The number of benzene rings is 1. The number of rotatable bonds is 2. The van der Waals surface area contributed by atoms with Gasteiger partial charge >= 0.3 is 0 Å². The molecule has 3 rings (SSSR count). The molecule has 2 unspecified atom stereocenters. The van der Waals surface area contributed by atoms with Crippen molar-refractivity contribution in [2.45, 2.75) is 12.0 Å². The average molecular weight is 321 g/mol. The fraction of sp³-hybridized carbons (Fsp3) is 0.467. The number of fused-ring (bicyclic) bond motifs is 1. The van der Waals surface area contributed by atoms with Gasteiger partial charge < -0.3 is 15.2 Å². The van der Waals surface area contributed by atoms with E-state index < -0.39 is 11.4 Å². The van der Waals surface area contributed by atoms with Crippen LogP contribution in [0, 0.1) is 23.1 Å². The fourth-order valence-electron chi connectivity index (χ4n) is 3.07. The van der Waals surface area contributed by atoms with Crippen molar-refractivity contribution in [1.82, 2.24) is 0 Å². The molecule has 2 aliphatic heterocycles. The number of thioether (sulfide) groups is 1. The zero-order valence-corrected chi connectivity index (χ0v) is 13.0. The zero-order chi connectivity index (χ0) is 15.7. The highest BCUT2D eigenvalue weighted by Gasteiger charge is 2.47. The molecule has 1 saturated heterocycles. The maximum absolute atomic E-state index is 14.7. The Morgan fingerprint density at radius 3 is 3.14 bits per heavy atom. The number of hydrogen-bond acceptors (Lipinski definition) is 6. The molecule has 116 valence electrons. The summed E-state index contributed by atoms with van der Waals surface area (Å²) in [5.41, 5.74) is 5.68. The van der Waals surface area contributed by atoms with Crippen LogP contribution in [0.2, 0.25) is 0 Å². The van der Waals surface area contributed by atoms with E-state index in [1.165, 1.54) is 31.0 Å². The van der Waals surface area contributed by atoms with Gasteiger partial charge in [0.05, 0.1) is 19.3 Å². The second kappa shape index (κ2) is 5.78. The van der Waals surface area contributed by atoms with Gasteiger partial charge in [-0.1, -0.05) is 11.8 Å². The lowest BCUT2D eigenvalue weighted by molar-refractivity contribution is 0.00297. The molecular formula is C15H16FN3O2S. The summed E-state index contributed by atoms with van der Waals surface area (Å²) in [7, 11) is 1.41. The van der Waals surface area contributed by atoms with Crippen molar-refractivity contribution < 1.29 is 13.9 Å². The van der Waals surface area contributed by atoms with Gasteiger partial charge in [0.2, 0.25) is 0 Å². The summed E-state index contributed by atoms with van der Waals surface area (Å²) < 4.78 is 25.3. The first-order valence-electron chi connectivity index (χ1n) is 6.94. The maximum atomic E-state index is 14.7. The van der Waals surface area contributed by atoms with Crippen molar-refractivity contribution in [3.05, 3.63) is 29.1 Å². The van der Waals surface area contributed by atoms with Crippen LogP contribution in [-0.4, -0.2) is 31.2 Å². The molecule has 2 heterocycles. The fourth-order valence-corrected chi connectivity index (χ4v) is 4.11. The van der Waals surface area contributed by atoms with Gasteiger partial charge in [-0.05, 0) is 12.5 Å². The molecule has 0 amide bonds. The number of ether oxygens (including phenoxy) is 2. The maximum Gasteiger partial charge on any atom is 0.154 e. The Balaban J connectivity index is 2.19. The molecule has 5 nitrogen and oxygen atoms in total. The van der Waals surface area contributed by atoms with E-state index in [0.29, 0.717) is 17.3 Å². The van der Waals surface area contributed by atoms with E-state index in [2.05, 4.69) is 4.99 Å². The Hall–Kier alpha value is -1.78. The zero-order valence-electron chi connectivity index (χ0n) is 12.1. The van der Waals surface area contributed by atoms with Gasteiger partial charge in [0.1, 0.15) is 23.2 Å². The SMILES string of the molecule is COc1cc(F)c(C23COCCC2CSC(N)=N3)cc1C#N. The second-order valence-electron chi connectivity index (χ2n) is 5.37. The predicted molar refractivity (Wildman–Crippen MR) is 82.4 cm³/mol. The van der Waals surface area contributed by atoms with E-state index in [4.69, 9.17) is 15.2 Å². The number of aliphatic imine (C=N–C) groups is 1. The van der Waals surface area contributed by atoms with Crippen molar-refractivity contribution in [2.24, 2.45) is 16.6 Å². The van der Waals surface area contributed by atoms with E-state index in [0.717, 1.165) is 12.2 Å². The minimum atomic E-state index is -0.852. The first kappa shape index (κ1) is 15.1. The van der Waals surface area contributed by atoms with Crippen molar-refractivity contribution in [2.75, 3.05) is 26.1 Å². The van der Waals surface area contributed by atoms with Crippen molar-refractivity contribution >= 4 is 16.9 Å². The van der Waals surface area contributed by atoms with Crippen LogP contribution in [0.4, 0.5) is 4.39 Å². The van der Waals surface area contributed by atoms with Gasteiger partial charge in [-0.2, -0.15) is 5.26 Å². The summed E-state index contributed by atoms with van der Waals surface area (Å²) in [5.74, 6) is 0.671. The van der Waals surface area contributed by atoms with Gasteiger partial charge in [-0.15, -0.1) is 0 Å². The minimum absolute atomic E-state index is 0.132. The highest BCUT2D eigenvalue weighted by Crippen LogP contribution is 2.46. The number of hydrogen-bond donors (Lipinski definition) is 1. The van der Waals surface area contributed by atoms with Crippen molar-refractivity contribution in [3.8, 4) is 11.8 Å². The lowest BCUT2D eigenvalue weighted by atomic mass is 9.76. The molecule has 1 fully saturated rings. The van der Waals surface area contributed by atoms with Crippen LogP contribution >= 0.6 is 11.8 Å². The van der Waals surface area contributed by atoms with Gasteiger partial charge in [0.25, 0.3) is 0 Å². The first-order valence-corrected chi connectivity index (χ1v) is 7.93. The summed E-state index contributed by atoms with van der Waals surface area (Å²) >= 11 is 1.48. The molecule has 1 aromatic carbocycles. The summed E-state index contributed by atoms with van der Waals surface area (Å²) in [6.45, 7) is 0.901. The monoisotopic (exact) mass is 321 g/mol. The first-order chi connectivity index (χ1) is 10.6. The summed E-state index contributed by atoms with van der Waals surface area (Å²) in [6.07, 6.45) is 0.789. The largest absolute Gasteiger partial charge is 0.495 e. The number of nitrogens with two attached hydrogens (primary N) is 1. The predicted octanol–water partition coefficient (Wildman–Crippen LogP) is 2.00. The Labute approximate surface area is 132 Å². The molecule has 0 aliphatic carbocycles. The quantitative estimate of drug-likeness (QED) is 0.901. The van der Waals surface area contributed by atoms with Crippen LogP contribution in [0.15, 0.2) is 17.1 Å². The molecular weight excluding hydrogens is 305 g/mol. The smallest absolute Gasteiger partial charge is 0.154 e. The van der Waals surface area contributed by atoms with Crippen LogP contribution < -0.4 is 10.5 Å². The summed E-state index contributed by atoms with van der Waals surface area (Å²) in [5, 5.41) is 9.69. The van der Waals surface area contributed by atoms with Crippen LogP contribution in [0.3, 0.4) is 0 Å². The lowest BCUT2D eigenvalue weighted by Crippen LogP contribution is -2.48. The number of nitriles is 1. The third-order valence-electron chi connectivity index (χ3n) is 4.23. The number of halogens is 1. The molecule has 7 heteroatoms. The number of amidine groups is 1. The Bertz CT molecular complexity index is 673. The molecule has 0 spiro atoms. The van der Waals surface area contributed by atoms with E-state index in [1.807, 2.05) is 6.07 Å². The standard InChI is InChI=1S/C15H16FN3O2S/c1-20-13-5-12(16)11(4-9(13)6-17)15-8-21-3-2-10(15)7-22-14(18)19-15/h4-5,10H,2-3,7-8H2,1H3,(H2,18,19). The molecule has 22 heavy (non-hydrogen) atoms. The topological polar surface area (TPSA) is 80.6 Å². The molecule has 0 aromatic heterocycles. The normalized spacial score (nSPS) is 27.5. The van der Waals surface area contributed by atoms with E-state index in [-0.39, 0.29) is 23.8 Å². The molecule has 2 N–H and O–H groups in total. The Morgan fingerprint density at radius 1 is 1.59 bits per heavy atom. The molecule has 0 bridgehead atoms. The average Bonchev–Trinajstić information content (AvgIpc) is 2.54. The number of nitrogens with zero attached hydrogens (tertiary/aromatic N) is 2. The highest BCUT2D eigenvalue weighted by atomic mass is 32.2. The van der Waals surface area contributed by atoms with E-state index in [9.17, 15) is 9.65 Å². The minimum Gasteiger partial charge on any atom is -0.495 e. The van der Waals surface area contributed by atoms with E-state index in [1.54, 1.807) is 0 Å². The van der Waals surface area contributed by atoms with Crippen LogP contribution in [0.5, 0.6) is 5.75 Å². The van der Waals surface area contributed by atoms with Gasteiger partial charge in [-0.25, -0.2) is 9.38 Å². The molecule has 0 radical (unpaired) electrons. The van der Waals surface area contributed by atoms with Gasteiger partial charge in [0, 0.05) is 29.9 Å². The lowest BCUT2D eigenvalue weighted by Gasteiger charge is -2.43. The van der Waals surface area contributed by atoms with Gasteiger partial charge in [-0.3, -0.25) is 0 Å². The second-order valence-corrected chi connectivity index (χ2v) is 6.41. The van der Waals surface area contributed by atoms with Crippen LogP contribution in [0.25, 0.3) is 0 Å². The molecule has 2 aliphatic rings. The van der Waals surface area contributed by atoms with Gasteiger partial charge in [0.15, 0.2) is 5.17 Å². The molecule has 1 aromatic rings. The number of methoxy groups -OCH3 is 1. The van der Waals surface area contributed by atoms with Crippen molar-refractivity contribution in [1.29, 1.82) is 5.26 Å². The molecule has 2 atom stereocenters. The Kier molecular flexibility index (Phi) is 3.98. The van der Waals surface area contributed by atoms with Crippen molar-refractivity contribution in [3.63, 3.8) is 0 Å². The third kappa shape index (κ3) is 2.32. The molecule has 0 saturated carbocycles.